The minimum absolute atomic E-state index is 0.152. The van der Waals surface area contributed by atoms with Crippen molar-refractivity contribution in [1.82, 2.24) is 4.72 Å². The van der Waals surface area contributed by atoms with Crippen molar-refractivity contribution in [2.24, 2.45) is 0 Å². The Morgan fingerprint density at radius 2 is 2.10 bits per heavy atom. The van der Waals surface area contributed by atoms with Crippen LogP contribution in [0, 0.1) is 12.7 Å². The van der Waals surface area contributed by atoms with E-state index in [1.165, 1.54) is 30.4 Å². The molecular formula is C14H16FNO3S2. The molecule has 1 aromatic heterocycles. The van der Waals surface area contributed by atoms with Gasteiger partial charge in [0, 0.05) is 6.54 Å². The molecule has 2 aromatic rings. The number of hydrogen-bond donors (Lipinski definition) is 2. The Hall–Kier alpha value is -1.28. The standard InChI is InChI=1S/C14H16FNO3S2/c1-10-5-12(15)7-13(6-10)21(18,19)16-9-14(2,17)11-3-4-20-8-11/h3-8,16-17H,9H2,1-2H3/t14-/m1/s1. The maximum absolute atomic E-state index is 13.3. The first-order valence-corrected chi connectivity index (χ1v) is 8.65. The normalized spacial score (nSPS) is 14.9. The number of sulfonamides is 1. The summed E-state index contributed by atoms with van der Waals surface area (Å²) in [7, 11) is -3.88. The summed E-state index contributed by atoms with van der Waals surface area (Å²) in [5, 5.41) is 13.9. The summed E-state index contributed by atoms with van der Waals surface area (Å²) in [6, 6.07) is 5.31. The van der Waals surface area contributed by atoms with Gasteiger partial charge in [-0.1, -0.05) is 0 Å². The lowest BCUT2D eigenvalue weighted by molar-refractivity contribution is 0.0632. The molecular weight excluding hydrogens is 313 g/mol. The maximum Gasteiger partial charge on any atom is 0.240 e. The fourth-order valence-corrected chi connectivity index (χ4v) is 3.88. The fourth-order valence-electron chi connectivity index (χ4n) is 1.85. The highest BCUT2D eigenvalue weighted by Crippen LogP contribution is 2.23. The van der Waals surface area contributed by atoms with Crippen molar-refractivity contribution < 1.29 is 17.9 Å². The number of hydrogen-bond acceptors (Lipinski definition) is 4. The van der Waals surface area contributed by atoms with Gasteiger partial charge in [-0.3, -0.25) is 0 Å². The Kier molecular flexibility index (Phi) is 4.48. The van der Waals surface area contributed by atoms with Crippen LogP contribution >= 0.6 is 11.3 Å². The van der Waals surface area contributed by atoms with Crippen molar-refractivity contribution >= 4 is 21.4 Å². The van der Waals surface area contributed by atoms with Gasteiger partial charge in [0.2, 0.25) is 10.0 Å². The second-order valence-corrected chi connectivity index (χ2v) is 7.62. The average molecular weight is 329 g/mol. The number of aryl methyl sites for hydroxylation is 1. The molecule has 0 aliphatic rings. The molecule has 1 atom stereocenters. The van der Waals surface area contributed by atoms with Gasteiger partial charge < -0.3 is 5.11 Å². The molecule has 0 fully saturated rings. The van der Waals surface area contributed by atoms with Crippen LogP contribution in [-0.4, -0.2) is 20.1 Å². The Bertz CT molecular complexity index is 704. The van der Waals surface area contributed by atoms with Gasteiger partial charge in [0.25, 0.3) is 0 Å². The minimum Gasteiger partial charge on any atom is -0.384 e. The average Bonchev–Trinajstić information content (AvgIpc) is 2.90. The summed E-state index contributed by atoms with van der Waals surface area (Å²) in [6.07, 6.45) is 0. The molecule has 7 heteroatoms. The lowest BCUT2D eigenvalue weighted by Gasteiger charge is -2.22. The summed E-state index contributed by atoms with van der Waals surface area (Å²) >= 11 is 1.41. The van der Waals surface area contributed by atoms with Crippen LogP contribution in [0.2, 0.25) is 0 Å². The van der Waals surface area contributed by atoms with Crippen LogP contribution in [-0.2, 0) is 15.6 Å². The van der Waals surface area contributed by atoms with Gasteiger partial charge in [0.1, 0.15) is 11.4 Å². The smallest absolute Gasteiger partial charge is 0.240 e. The van der Waals surface area contributed by atoms with Crippen LogP contribution in [0.3, 0.4) is 0 Å². The van der Waals surface area contributed by atoms with Gasteiger partial charge in [-0.2, -0.15) is 11.3 Å². The van der Waals surface area contributed by atoms with Gasteiger partial charge in [-0.15, -0.1) is 0 Å². The summed E-state index contributed by atoms with van der Waals surface area (Å²) in [4.78, 5) is -0.152. The van der Waals surface area contributed by atoms with E-state index >= 15 is 0 Å². The van der Waals surface area contributed by atoms with Crippen LogP contribution in [0.15, 0.2) is 39.9 Å². The van der Waals surface area contributed by atoms with Crippen molar-refractivity contribution in [3.05, 3.63) is 52.0 Å². The van der Waals surface area contributed by atoms with E-state index in [2.05, 4.69) is 4.72 Å². The summed E-state index contributed by atoms with van der Waals surface area (Å²) in [5.41, 5.74) is -0.180. The molecule has 114 valence electrons. The highest BCUT2D eigenvalue weighted by atomic mass is 32.2. The van der Waals surface area contributed by atoms with Crippen LogP contribution in [0.4, 0.5) is 4.39 Å². The Balaban J connectivity index is 2.18. The lowest BCUT2D eigenvalue weighted by Crippen LogP contribution is -2.38. The van der Waals surface area contributed by atoms with Crippen molar-refractivity contribution in [3.8, 4) is 0 Å². The third kappa shape index (κ3) is 3.88. The molecule has 0 bridgehead atoms. The quantitative estimate of drug-likeness (QED) is 0.885. The van der Waals surface area contributed by atoms with Crippen LogP contribution in [0.25, 0.3) is 0 Å². The van der Waals surface area contributed by atoms with Gasteiger partial charge in [-0.05, 0) is 60.0 Å². The SMILES string of the molecule is Cc1cc(F)cc(S(=O)(=O)NC[C@@](C)(O)c2ccsc2)c1. The van der Waals surface area contributed by atoms with Crippen LogP contribution < -0.4 is 4.72 Å². The third-order valence-electron chi connectivity index (χ3n) is 3.08. The summed E-state index contributed by atoms with van der Waals surface area (Å²) in [6.45, 7) is 2.94. The molecule has 2 N–H and O–H groups in total. The number of halogens is 1. The fraction of sp³-hybridized carbons (Fsp3) is 0.286. The second kappa shape index (κ2) is 5.84. The molecule has 0 radical (unpaired) electrons. The summed E-state index contributed by atoms with van der Waals surface area (Å²) in [5.74, 6) is -0.611. The van der Waals surface area contributed by atoms with E-state index < -0.39 is 21.4 Å². The van der Waals surface area contributed by atoms with E-state index in [0.717, 1.165) is 6.07 Å². The zero-order valence-electron chi connectivity index (χ0n) is 11.6. The van der Waals surface area contributed by atoms with Gasteiger partial charge in [0.05, 0.1) is 4.90 Å². The highest BCUT2D eigenvalue weighted by molar-refractivity contribution is 7.89. The molecule has 0 saturated carbocycles. The molecule has 0 aliphatic carbocycles. The molecule has 0 unspecified atom stereocenters. The maximum atomic E-state index is 13.3. The first-order chi connectivity index (χ1) is 9.71. The largest absolute Gasteiger partial charge is 0.384 e. The molecule has 0 spiro atoms. The molecule has 21 heavy (non-hydrogen) atoms. The predicted octanol–water partition coefficient (Wildman–Crippen LogP) is 2.38. The first kappa shape index (κ1) is 16.1. The van der Waals surface area contributed by atoms with E-state index in [4.69, 9.17) is 0 Å². The monoisotopic (exact) mass is 329 g/mol. The topological polar surface area (TPSA) is 66.4 Å². The first-order valence-electron chi connectivity index (χ1n) is 6.23. The number of rotatable bonds is 5. The summed E-state index contributed by atoms with van der Waals surface area (Å²) < 4.78 is 40.0. The van der Waals surface area contributed by atoms with Gasteiger partial charge in [-0.25, -0.2) is 17.5 Å². The van der Waals surface area contributed by atoms with E-state index in [1.54, 1.807) is 23.8 Å². The lowest BCUT2D eigenvalue weighted by atomic mass is 10.0. The van der Waals surface area contributed by atoms with Gasteiger partial charge in [0.15, 0.2) is 0 Å². The van der Waals surface area contributed by atoms with E-state index in [-0.39, 0.29) is 11.4 Å². The Morgan fingerprint density at radius 1 is 1.38 bits per heavy atom. The van der Waals surface area contributed by atoms with E-state index in [1.807, 2.05) is 0 Å². The van der Waals surface area contributed by atoms with E-state index in [9.17, 15) is 17.9 Å². The molecule has 0 aliphatic heterocycles. The molecule has 1 aromatic carbocycles. The van der Waals surface area contributed by atoms with Crippen molar-refractivity contribution in [3.63, 3.8) is 0 Å². The number of aliphatic hydroxyl groups is 1. The highest BCUT2D eigenvalue weighted by Gasteiger charge is 2.26. The minimum atomic E-state index is -3.88. The molecule has 1 heterocycles. The Morgan fingerprint density at radius 3 is 2.67 bits per heavy atom. The number of benzene rings is 1. The van der Waals surface area contributed by atoms with Crippen molar-refractivity contribution in [2.75, 3.05) is 6.54 Å². The van der Waals surface area contributed by atoms with E-state index in [0.29, 0.717) is 11.1 Å². The zero-order chi connectivity index (χ0) is 15.7. The van der Waals surface area contributed by atoms with Crippen LogP contribution in [0.5, 0.6) is 0 Å². The van der Waals surface area contributed by atoms with Crippen molar-refractivity contribution in [1.29, 1.82) is 0 Å². The zero-order valence-corrected chi connectivity index (χ0v) is 13.3. The molecule has 0 saturated heterocycles. The molecule has 0 amide bonds. The predicted molar refractivity (Wildman–Crippen MR) is 80.2 cm³/mol. The Labute approximate surface area is 127 Å². The number of thiophene rings is 1. The molecule has 4 nitrogen and oxygen atoms in total. The van der Waals surface area contributed by atoms with Crippen LogP contribution in [0.1, 0.15) is 18.1 Å². The third-order valence-corrected chi connectivity index (χ3v) is 5.14. The number of nitrogens with one attached hydrogen (secondary N) is 1. The molecule has 2 rings (SSSR count). The van der Waals surface area contributed by atoms with Crippen molar-refractivity contribution in [2.45, 2.75) is 24.3 Å². The second-order valence-electron chi connectivity index (χ2n) is 5.07. The van der Waals surface area contributed by atoms with Gasteiger partial charge >= 0.3 is 0 Å².